The zero-order valence-electron chi connectivity index (χ0n) is 14.3. The Kier molecular flexibility index (Phi) is 5.56. The van der Waals surface area contributed by atoms with E-state index in [9.17, 15) is 4.79 Å². The van der Waals surface area contributed by atoms with E-state index in [-0.39, 0.29) is 19.4 Å². The van der Waals surface area contributed by atoms with Crippen molar-refractivity contribution in [3.05, 3.63) is 58.7 Å². The zero-order chi connectivity index (χ0) is 17.6. The highest BCUT2D eigenvalue weighted by molar-refractivity contribution is 5.89. The molecule has 1 heterocycles. The van der Waals surface area contributed by atoms with E-state index in [0.29, 0.717) is 5.56 Å². The normalized spacial score (nSPS) is 12.2. The van der Waals surface area contributed by atoms with Crippen molar-refractivity contribution < 1.29 is 24.1 Å². The molecule has 3 rings (SSSR count). The number of ether oxygens (including phenoxy) is 3. The number of carbonyl (C=O) groups excluding carboxylic acids is 1. The number of aliphatic hydroxyl groups is 1. The van der Waals surface area contributed by atoms with Crippen LogP contribution >= 0.6 is 0 Å². The zero-order valence-corrected chi connectivity index (χ0v) is 14.3. The van der Waals surface area contributed by atoms with Crippen LogP contribution in [0.4, 0.5) is 0 Å². The maximum Gasteiger partial charge on any atom is 0.337 e. The first-order valence-electron chi connectivity index (χ1n) is 8.41. The van der Waals surface area contributed by atoms with Crippen LogP contribution in [0.25, 0.3) is 0 Å². The molecule has 0 bridgehead atoms. The summed E-state index contributed by atoms with van der Waals surface area (Å²) in [6, 6.07) is 11.5. The van der Waals surface area contributed by atoms with Gasteiger partial charge >= 0.3 is 5.97 Å². The Morgan fingerprint density at radius 2 is 1.68 bits per heavy atom. The number of methoxy groups -OCH3 is 1. The van der Waals surface area contributed by atoms with Crippen molar-refractivity contribution in [1.29, 1.82) is 0 Å². The van der Waals surface area contributed by atoms with Crippen molar-refractivity contribution >= 4 is 5.97 Å². The highest BCUT2D eigenvalue weighted by Gasteiger charge is 2.17. The van der Waals surface area contributed by atoms with Gasteiger partial charge in [-0.3, -0.25) is 0 Å². The van der Waals surface area contributed by atoms with Crippen molar-refractivity contribution in [2.45, 2.75) is 25.7 Å². The summed E-state index contributed by atoms with van der Waals surface area (Å²) in [5.74, 6) is 1.23. The largest absolute Gasteiger partial charge is 0.465 e. The maximum atomic E-state index is 11.5. The molecule has 0 saturated heterocycles. The van der Waals surface area contributed by atoms with E-state index >= 15 is 0 Å². The standard InChI is InChI=1S/C20H22O5/c1-23-20(22)15-7-4-14(5-8-15)6-9-17-12-19-18(24-13-25-19)11-16(17)3-2-10-21/h4-5,7-8,11-12,21H,2-3,6,9-10,13H2,1H3. The minimum Gasteiger partial charge on any atom is -0.465 e. The second kappa shape index (κ2) is 8.03. The molecule has 5 heteroatoms. The van der Waals surface area contributed by atoms with E-state index in [1.807, 2.05) is 24.3 Å². The molecule has 0 spiro atoms. The number of fused-ring (bicyclic) bond motifs is 1. The van der Waals surface area contributed by atoms with E-state index in [0.717, 1.165) is 42.7 Å². The Labute approximate surface area is 147 Å². The minimum absolute atomic E-state index is 0.170. The van der Waals surface area contributed by atoms with Gasteiger partial charge in [0.1, 0.15) is 0 Å². The Hall–Kier alpha value is -2.53. The van der Waals surface area contributed by atoms with Gasteiger partial charge in [-0.2, -0.15) is 0 Å². The topological polar surface area (TPSA) is 65.0 Å². The van der Waals surface area contributed by atoms with Crippen LogP contribution in [0, 0.1) is 0 Å². The van der Waals surface area contributed by atoms with Gasteiger partial charge in [-0.1, -0.05) is 12.1 Å². The molecule has 2 aromatic rings. The molecule has 0 fully saturated rings. The molecule has 132 valence electrons. The van der Waals surface area contributed by atoms with Crippen molar-refractivity contribution in [3.8, 4) is 11.5 Å². The van der Waals surface area contributed by atoms with Crippen molar-refractivity contribution in [2.24, 2.45) is 0 Å². The molecule has 25 heavy (non-hydrogen) atoms. The molecule has 0 radical (unpaired) electrons. The second-order valence-corrected chi connectivity index (χ2v) is 5.99. The summed E-state index contributed by atoms with van der Waals surface area (Å²) in [6.45, 7) is 0.427. The van der Waals surface area contributed by atoms with Crippen LogP contribution in [0.3, 0.4) is 0 Å². The number of aliphatic hydroxyl groups excluding tert-OH is 1. The highest BCUT2D eigenvalue weighted by Crippen LogP contribution is 2.35. The van der Waals surface area contributed by atoms with Gasteiger partial charge in [0.05, 0.1) is 12.7 Å². The molecule has 1 aliphatic rings. The fraction of sp³-hybridized carbons (Fsp3) is 0.350. The third-order valence-corrected chi connectivity index (χ3v) is 4.36. The first-order chi connectivity index (χ1) is 12.2. The first kappa shape index (κ1) is 17.3. The number of aryl methyl sites for hydroxylation is 3. The van der Waals surface area contributed by atoms with Crippen LogP contribution in [-0.2, 0) is 24.0 Å². The smallest absolute Gasteiger partial charge is 0.337 e. The van der Waals surface area contributed by atoms with E-state index in [2.05, 4.69) is 0 Å². The van der Waals surface area contributed by atoms with Crippen molar-refractivity contribution in [3.63, 3.8) is 0 Å². The summed E-state index contributed by atoms with van der Waals surface area (Å²) in [4.78, 5) is 11.5. The number of esters is 1. The molecule has 1 N–H and O–H groups in total. The Morgan fingerprint density at radius 3 is 2.28 bits per heavy atom. The summed E-state index contributed by atoms with van der Waals surface area (Å²) in [7, 11) is 1.38. The molecule has 0 saturated carbocycles. The Morgan fingerprint density at radius 1 is 1.04 bits per heavy atom. The lowest BCUT2D eigenvalue weighted by Crippen LogP contribution is -2.02. The van der Waals surface area contributed by atoms with E-state index in [1.165, 1.54) is 18.2 Å². The quantitative estimate of drug-likeness (QED) is 0.784. The molecule has 0 unspecified atom stereocenters. The number of carbonyl (C=O) groups is 1. The SMILES string of the molecule is COC(=O)c1ccc(CCc2cc3c(cc2CCCO)OCO3)cc1. The molecule has 2 aromatic carbocycles. The molecule has 5 nitrogen and oxygen atoms in total. The van der Waals surface area contributed by atoms with Gasteiger partial charge in [-0.15, -0.1) is 0 Å². The summed E-state index contributed by atoms with van der Waals surface area (Å²) < 4.78 is 15.7. The van der Waals surface area contributed by atoms with Crippen LogP contribution in [0.5, 0.6) is 11.5 Å². The van der Waals surface area contributed by atoms with Gasteiger partial charge in [0, 0.05) is 6.61 Å². The van der Waals surface area contributed by atoms with Gasteiger partial charge in [0.2, 0.25) is 6.79 Å². The van der Waals surface area contributed by atoms with Crippen LogP contribution < -0.4 is 9.47 Å². The molecule has 0 atom stereocenters. The molecule has 0 aromatic heterocycles. The fourth-order valence-corrected chi connectivity index (χ4v) is 2.97. The average Bonchev–Trinajstić information content (AvgIpc) is 3.11. The van der Waals surface area contributed by atoms with Crippen molar-refractivity contribution in [2.75, 3.05) is 20.5 Å². The van der Waals surface area contributed by atoms with Gasteiger partial charge in [0.25, 0.3) is 0 Å². The Bertz CT molecular complexity index is 736. The lowest BCUT2D eigenvalue weighted by Gasteiger charge is -2.11. The minimum atomic E-state index is -0.325. The number of benzene rings is 2. The predicted molar refractivity (Wildman–Crippen MR) is 93.2 cm³/mol. The summed E-state index contributed by atoms with van der Waals surface area (Å²) in [5, 5.41) is 9.12. The second-order valence-electron chi connectivity index (χ2n) is 5.99. The maximum absolute atomic E-state index is 11.5. The molecule has 0 aliphatic carbocycles. The third kappa shape index (κ3) is 4.12. The number of hydrogen-bond donors (Lipinski definition) is 1. The van der Waals surface area contributed by atoms with Crippen LogP contribution in [0.1, 0.15) is 33.5 Å². The van der Waals surface area contributed by atoms with Gasteiger partial charge < -0.3 is 19.3 Å². The summed E-state index contributed by atoms with van der Waals surface area (Å²) in [6.07, 6.45) is 3.24. The van der Waals surface area contributed by atoms with Crippen molar-refractivity contribution in [1.82, 2.24) is 0 Å². The molecular weight excluding hydrogens is 320 g/mol. The first-order valence-corrected chi connectivity index (χ1v) is 8.41. The monoisotopic (exact) mass is 342 g/mol. The van der Waals surface area contributed by atoms with E-state index < -0.39 is 0 Å². The molecular formula is C20H22O5. The molecule has 1 aliphatic heterocycles. The number of rotatable bonds is 7. The van der Waals surface area contributed by atoms with E-state index in [4.69, 9.17) is 19.3 Å². The highest BCUT2D eigenvalue weighted by atomic mass is 16.7. The predicted octanol–water partition coefficient (Wildman–Crippen LogP) is 2.91. The third-order valence-electron chi connectivity index (χ3n) is 4.36. The van der Waals surface area contributed by atoms with Crippen LogP contribution in [0.15, 0.2) is 36.4 Å². The summed E-state index contributed by atoms with van der Waals surface area (Å²) in [5.41, 5.74) is 4.09. The molecule has 0 amide bonds. The lowest BCUT2D eigenvalue weighted by atomic mass is 9.96. The van der Waals surface area contributed by atoms with Crippen LogP contribution in [-0.4, -0.2) is 31.6 Å². The van der Waals surface area contributed by atoms with Gasteiger partial charge in [-0.25, -0.2) is 4.79 Å². The van der Waals surface area contributed by atoms with Crippen LogP contribution in [0.2, 0.25) is 0 Å². The van der Waals surface area contributed by atoms with E-state index in [1.54, 1.807) is 12.1 Å². The van der Waals surface area contributed by atoms with Gasteiger partial charge in [-0.05, 0) is 66.6 Å². The average molecular weight is 342 g/mol. The number of hydrogen-bond acceptors (Lipinski definition) is 5. The fourth-order valence-electron chi connectivity index (χ4n) is 2.97. The lowest BCUT2D eigenvalue weighted by molar-refractivity contribution is 0.0600. The summed E-state index contributed by atoms with van der Waals surface area (Å²) >= 11 is 0. The Balaban J connectivity index is 1.72. The van der Waals surface area contributed by atoms with Gasteiger partial charge in [0.15, 0.2) is 11.5 Å².